The molecular weight excluding hydrogens is 502 g/mol. The first-order chi connectivity index (χ1) is 19.6. The van der Waals surface area contributed by atoms with Crippen LogP contribution in [-0.2, 0) is 0 Å². The van der Waals surface area contributed by atoms with Gasteiger partial charge in [0.2, 0.25) is 5.71 Å². The van der Waals surface area contributed by atoms with Gasteiger partial charge in [-0.15, -0.1) is 6.42 Å². The van der Waals surface area contributed by atoms with Gasteiger partial charge in [-0.25, -0.2) is 0 Å². The van der Waals surface area contributed by atoms with E-state index in [1.807, 2.05) is 24.3 Å². The molecule has 2 aromatic heterocycles. The van der Waals surface area contributed by atoms with Crippen molar-refractivity contribution in [1.29, 1.82) is 0 Å². The maximum Gasteiger partial charge on any atom is 0.321 e. The van der Waals surface area contributed by atoms with Gasteiger partial charge in [0.15, 0.2) is 0 Å². The zero-order chi connectivity index (χ0) is 26.8. The predicted molar refractivity (Wildman–Crippen MR) is 155 cm³/mol. The lowest BCUT2D eigenvalue weighted by atomic mass is 9.95. The van der Waals surface area contributed by atoms with E-state index >= 15 is 0 Å². The molecular formula is C32H33N5O3. The lowest BCUT2D eigenvalue weighted by molar-refractivity contribution is 0.107. The summed E-state index contributed by atoms with van der Waals surface area (Å²) in [5.74, 6) is 4.40. The number of benzene rings is 2. The molecule has 2 N–H and O–H groups in total. The van der Waals surface area contributed by atoms with Crippen LogP contribution in [0.1, 0.15) is 44.1 Å². The number of nitrogens with one attached hydrogen (secondary N) is 1. The SMILES string of the molecule is C#Cc1cccc2cc(O)cc(-c3cc4c(N5CC6CCC(C5)N6)nc(OCC56CCCN5CCC6)nc4o3)c12. The number of aromatic hydroxyl groups is 1. The number of anilines is 1. The molecule has 8 heteroatoms. The Balaban J connectivity index is 1.24. The van der Waals surface area contributed by atoms with Gasteiger partial charge < -0.3 is 24.5 Å². The van der Waals surface area contributed by atoms with Crippen LogP contribution in [0.4, 0.5) is 5.82 Å². The summed E-state index contributed by atoms with van der Waals surface area (Å²) in [5.41, 5.74) is 2.08. The zero-order valence-electron chi connectivity index (χ0n) is 22.5. The first kappa shape index (κ1) is 24.0. The van der Waals surface area contributed by atoms with E-state index in [9.17, 15) is 5.11 Å². The fraction of sp³-hybridized carbons (Fsp3) is 0.438. The first-order valence-electron chi connectivity index (χ1n) is 14.5. The van der Waals surface area contributed by atoms with Crippen LogP contribution >= 0.6 is 0 Å². The third-order valence-corrected chi connectivity index (χ3v) is 9.53. The molecule has 40 heavy (non-hydrogen) atoms. The van der Waals surface area contributed by atoms with E-state index in [0.717, 1.165) is 72.1 Å². The fourth-order valence-electron chi connectivity index (χ4n) is 7.68. The van der Waals surface area contributed by atoms with E-state index in [2.05, 4.69) is 21.0 Å². The van der Waals surface area contributed by atoms with Gasteiger partial charge in [-0.3, -0.25) is 4.90 Å². The minimum Gasteiger partial charge on any atom is -0.508 e. The molecule has 2 aromatic carbocycles. The van der Waals surface area contributed by atoms with Gasteiger partial charge in [-0.1, -0.05) is 18.1 Å². The van der Waals surface area contributed by atoms with Gasteiger partial charge in [-0.2, -0.15) is 9.97 Å². The summed E-state index contributed by atoms with van der Waals surface area (Å²) in [6, 6.07) is 12.5. The quantitative estimate of drug-likeness (QED) is 0.357. The topological polar surface area (TPSA) is 86.9 Å². The predicted octanol–water partition coefficient (Wildman–Crippen LogP) is 4.68. The number of fused-ring (bicyclic) bond motifs is 5. The standard InChI is InChI=1S/C32H33N5O3/c1-2-20-6-3-7-21-14-24(38)15-25(28(20)21)27-16-26-29(36-17-22-8-9-23(18-36)33-22)34-31(35-30(26)40-27)39-19-32-10-4-12-37(32)13-5-11-32/h1,3,6-7,14-16,22-23,33,38H,4-5,8-13,17-19H2. The molecule has 204 valence electrons. The molecule has 0 aliphatic carbocycles. The lowest BCUT2D eigenvalue weighted by Crippen LogP contribution is -2.51. The third kappa shape index (κ3) is 3.83. The van der Waals surface area contributed by atoms with Crippen LogP contribution in [0.5, 0.6) is 11.8 Å². The van der Waals surface area contributed by atoms with Crippen molar-refractivity contribution in [3.63, 3.8) is 0 Å². The van der Waals surface area contributed by atoms with Crippen molar-refractivity contribution in [3.05, 3.63) is 42.0 Å². The Morgan fingerprint density at radius 3 is 2.67 bits per heavy atom. The maximum absolute atomic E-state index is 10.6. The summed E-state index contributed by atoms with van der Waals surface area (Å²) in [6.07, 6.45) is 13.0. The number of furan rings is 1. The number of piperazine rings is 1. The third-order valence-electron chi connectivity index (χ3n) is 9.53. The molecule has 0 saturated carbocycles. The highest BCUT2D eigenvalue weighted by Crippen LogP contribution is 2.41. The second-order valence-electron chi connectivity index (χ2n) is 12.0. The molecule has 2 unspecified atom stereocenters. The number of terminal acetylenes is 1. The Bertz CT molecular complexity index is 1650. The van der Waals surface area contributed by atoms with Crippen LogP contribution in [0.3, 0.4) is 0 Å². The highest BCUT2D eigenvalue weighted by atomic mass is 16.5. The number of aromatic nitrogens is 2. The van der Waals surface area contributed by atoms with E-state index in [1.54, 1.807) is 12.1 Å². The smallest absolute Gasteiger partial charge is 0.321 e. The molecule has 4 aliphatic heterocycles. The van der Waals surface area contributed by atoms with Gasteiger partial charge in [-0.05, 0) is 81.3 Å². The molecule has 4 aromatic rings. The summed E-state index contributed by atoms with van der Waals surface area (Å²) in [7, 11) is 0. The number of hydrogen-bond donors (Lipinski definition) is 2. The molecule has 4 aliphatic rings. The molecule has 4 saturated heterocycles. The first-order valence-corrected chi connectivity index (χ1v) is 14.5. The van der Waals surface area contributed by atoms with E-state index < -0.39 is 0 Å². The minimum atomic E-state index is 0.104. The summed E-state index contributed by atoms with van der Waals surface area (Å²) < 4.78 is 12.9. The maximum atomic E-state index is 10.6. The highest BCUT2D eigenvalue weighted by Gasteiger charge is 2.45. The van der Waals surface area contributed by atoms with Crippen LogP contribution in [0.15, 0.2) is 40.8 Å². The molecule has 2 bridgehead atoms. The van der Waals surface area contributed by atoms with Gasteiger partial charge >= 0.3 is 6.01 Å². The second kappa shape index (κ2) is 9.12. The number of phenols is 1. The van der Waals surface area contributed by atoms with Crippen LogP contribution in [-0.4, -0.2) is 70.4 Å². The normalized spacial score (nSPS) is 23.6. The zero-order valence-corrected chi connectivity index (χ0v) is 22.5. The summed E-state index contributed by atoms with van der Waals surface area (Å²) in [6.45, 7) is 4.67. The van der Waals surface area contributed by atoms with Gasteiger partial charge in [0, 0.05) is 41.7 Å². The lowest BCUT2D eigenvalue weighted by Gasteiger charge is -2.34. The average molecular weight is 536 g/mol. The molecule has 0 amide bonds. The Kier molecular flexibility index (Phi) is 5.48. The van der Waals surface area contributed by atoms with Crippen molar-refractivity contribution in [2.45, 2.75) is 56.1 Å². The summed E-state index contributed by atoms with van der Waals surface area (Å²) >= 11 is 0. The Morgan fingerprint density at radius 1 is 1.10 bits per heavy atom. The van der Waals surface area contributed by atoms with Crippen LogP contribution in [0.2, 0.25) is 0 Å². The number of phenolic OH excluding ortho intramolecular Hbond substituents is 1. The number of nitrogens with zero attached hydrogens (tertiary/aromatic N) is 4. The van der Waals surface area contributed by atoms with Crippen molar-refractivity contribution < 1.29 is 14.3 Å². The monoisotopic (exact) mass is 535 g/mol. The van der Waals surface area contributed by atoms with Crippen LogP contribution < -0.4 is 15.0 Å². The number of ether oxygens (including phenoxy) is 1. The van der Waals surface area contributed by atoms with E-state index in [1.165, 1.54) is 25.7 Å². The fourth-order valence-corrected chi connectivity index (χ4v) is 7.68. The highest BCUT2D eigenvalue weighted by molar-refractivity contribution is 6.02. The Hall–Kier alpha value is -3.80. The van der Waals surface area contributed by atoms with Crippen molar-refractivity contribution in [3.8, 4) is 35.4 Å². The molecule has 0 spiro atoms. The average Bonchev–Trinajstić information content (AvgIpc) is 3.73. The Morgan fingerprint density at radius 2 is 1.90 bits per heavy atom. The number of hydrogen-bond acceptors (Lipinski definition) is 8. The molecule has 4 fully saturated rings. The summed E-state index contributed by atoms with van der Waals surface area (Å²) in [4.78, 5) is 14.7. The van der Waals surface area contributed by atoms with Crippen molar-refractivity contribution in [2.75, 3.05) is 37.7 Å². The Labute approximate surface area is 233 Å². The number of rotatable bonds is 5. The van der Waals surface area contributed by atoms with E-state index in [0.29, 0.717) is 36.2 Å². The van der Waals surface area contributed by atoms with Gasteiger partial charge in [0.05, 0.1) is 10.9 Å². The van der Waals surface area contributed by atoms with Crippen molar-refractivity contribution in [1.82, 2.24) is 20.2 Å². The van der Waals surface area contributed by atoms with Crippen molar-refractivity contribution >= 4 is 27.7 Å². The summed E-state index contributed by atoms with van der Waals surface area (Å²) in [5, 5.41) is 16.9. The molecule has 2 atom stereocenters. The van der Waals surface area contributed by atoms with Gasteiger partial charge in [0.25, 0.3) is 0 Å². The molecule has 8 nitrogen and oxygen atoms in total. The second-order valence-corrected chi connectivity index (χ2v) is 12.0. The van der Waals surface area contributed by atoms with Gasteiger partial charge in [0.1, 0.15) is 23.9 Å². The molecule has 8 rings (SSSR count). The molecule has 6 heterocycles. The minimum absolute atomic E-state index is 0.104. The van der Waals surface area contributed by atoms with Crippen LogP contribution in [0, 0.1) is 12.3 Å². The molecule has 0 radical (unpaired) electrons. The van der Waals surface area contributed by atoms with E-state index in [4.69, 9.17) is 25.5 Å². The van der Waals surface area contributed by atoms with E-state index in [-0.39, 0.29) is 11.3 Å². The van der Waals surface area contributed by atoms with Crippen LogP contribution in [0.25, 0.3) is 33.2 Å². The largest absolute Gasteiger partial charge is 0.508 e. The van der Waals surface area contributed by atoms with Crippen molar-refractivity contribution in [2.24, 2.45) is 0 Å².